The Morgan fingerprint density at radius 3 is 2.83 bits per heavy atom. The van der Waals surface area contributed by atoms with Crippen molar-refractivity contribution >= 4 is 21.9 Å². The summed E-state index contributed by atoms with van der Waals surface area (Å²) in [5.74, 6) is -0.841. The van der Waals surface area contributed by atoms with Gasteiger partial charge in [-0.1, -0.05) is 6.08 Å². The second-order valence-corrected chi connectivity index (χ2v) is 4.81. The normalized spacial score (nSPS) is 10.9. The van der Waals surface area contributed by atoms with Crippen LogP contribution in [-0.4, -0.2) is 38.8 Å². The minimum absolute atomic E-state index is 0.00754. The largest absolute Gasteiger partial charge is 0.480 e. The average molecular weight is 316 g/mol. The summed E-state index contributed by atoms with van der Waals surface area (Å²) in [6.45, 7) is 9.41. The highest BCUT2D eigenvalue weighted by atomic mass is 79.9. The molecule has 0 spiro atoms. The van der Waals surface area contributed by atoms with Gasteiger partial charge in [0.2, 0.25) is 0 Å². The number of rotatable bonds is 7. The highest BCUT2D eigenvalue weighted by molar-refractivity contribution is 9.10. The SMILES string of the molecule is C=CCN(CC(=O)O)Cc1c(Br)c(C)nn1CC. The van der Waals surface area contributed by atoms with E-state index in [0.717, 1.165) is 22.4 Å². The van der Waals surface area contributed by atoms with Gasteiger partial charge in [-0.15, -0.1) is 6.58 Å². The van der Waals surface area contributed by atoms with Gasteiger partial charge in [0.15, 0.2) is 0 Å². The van der Waals surface area contributed by atoms with Crippen molar-refractivity contribution in [3.63, 3.8) is 0 Å². The second-order valence-electron chi connectivity index (χ2n) is 4.01. The van der Waals surface area contributed by atoms with Gasteiger partial charge >= 0.3 is 5.97 Å². The van der Waals surface area contributed by atoms with Crippen molar-refractivity contribution in [1.29, 1.82) is 0 Å². The number of aromatic nitrogens is 2. The average Bonchev–Trinajstić information content (AvgIpc) is 2.56. The van der Waals surface area contributed by atoms with Crippen LogP contribution >= 0.6 is 15.9 Å². The standard InChI is InChI=1S/C12H18BrN3O2/c1-4-6-15(8-11(17)18)7-10-12(13)9(3)14-16(10)5-2/h4H,1,5-8H2,2-3H3,(H,17,18). The van der Waals surface area contributed by atoms with Crippen molar-refractivity contribution in [1.82, 2.24) is 14.7 Å². The maximum atomic E-state index is 10.8. The van der Waals surface area contributed by atoms with Gasteiger partial charge in [0.1, 0.15) is 0 Å². The number of carboxylic acids is 1. The summed E-state index contributed by atoms with van der Waals surface area (Å²) in [6.07, 6.45) is 1.70. The first-order chi connectivity index (χ1) is 8.49. The molecule has 0 aliphatic heterocycles. The molecule has 1 rings (SSSR count). The quantitative estimate of drug-likeness (QED) is 0.782. The zero-order valence-electron chi connectivity index (χ0n) is 10.7. The molecule has 1 N–H and O–H groups in total. The molecule has 1 heterocycles. The topological polar surface area (TPSA) is 58.4 Å². The van der Waals surface area contributed by atoms with Crippen LogP contribution in [0.2, 0.25) is 0 Å². The van der Waals surface area contributed by atoms with Gasteiger partial charge < -0.3 is 5.11 Å². The van der Waals surface area contributed by atoms with Crippen LogP contribution in [-0.2, 0) is 17.9 Å². The predicted molar refractivity (Wildman–Crippen MR) is 73.4 cm³/mol. The molecule has 0 atom stereocenters. The molecule has 1 aromatic rings. The monoisotopic (exact) mass is 315 g/mol. The molecule has 5 nitrogen and oxygen atoms in total. The van der Waals surface area contributed by atoms with Crippen LogP contribution in [0.25, 0.3) is 0 Å². The molecule has 0 radical (unpaired) electrons. The highest BCUT2D eigenvalue weighted by Gasteiger charge is 2.16. The zero-order valence-corrected chi connectivity index (χ0v) is 12.3. The van der Waals surface area contributed by atoms with E-state index in [4.69, 9.17) is 5.11 Å². The molecular weight excluding hydrogens is 298 g/mol. The molecular formula is C12H18BrN3O2. The number of carbonyl (C=O) groups is 1. The van der Waals surface area contributed by atoms with Gasteiger partial charge in [0, 0.05) is 19.6 Å². The fourth-order valence-electron chi connectivity index (χ4n) is 1.79. The van der Waals surface area contributed by atoms with Gasteiger partial charge in [-0.2, -0.15) is 5.10 Å². The molecule has 0 amide bonds. The molecule has 0 aromatic carbocycles. The lowest BCUT2D eigenvalue weighted by Crippen LogP contribution is -2.30. The van der Waals surface area contributed by atoms with Crippen LogP contribution in [0.1, 0.15) is 18.3 Å². The van der Waals surface area contributed by atoms with E-state index >= 15 is 0 Å². The third-order valence-corrected chi connectivity index (χ3v) is 3.60. The van der Waals surface area contributed by atoms with E-state index < -0.39 is 5.97 Å². The zero-order chi connectivity index (χ0) is 13.7. The Labute approximate surface area is 115 Å². The maximum Gasteiger partial charge on any atom is 0.317 e. The lowest BCUT2D eigenvalue weighted by molar-refractivity contribution is -0.138. The molecule has 100 valence electrons. The van der Waals surface area contributed by atoms with E-state index in [2.05, 4.69) is 27.6 Å². The van der Waals surface area contributed by atoms with Crippen LogP contribution in [0, 0.1) is 6.92 Å². The summed E-state index contributed by atoms with van der Waals surface area (Å²) in [5, 5.41) is 13.3. The van der Waals surface area contributed by atoms with Crippen molar-refractivity contribution in [3.05, 3.63) is 28.5 Å². The van der Waals surface area contributed by atoms with Gasteiger partial charge in [-0.05, 0) is 29.8 Å². The first-order valence-electron chi connectivity index (χ1n) is 5.76. The number of hydrogen-bond acceptors (Lipinski definition) is 3. The van der Waals surface area contributed by atoms with E-state index in [1.165, 1.54) is 0 Å². The first-order valence-corrected chi connectivity index (χ1v) is 6.55. The third-order valence-electron chi connectivity index (χ3n) is 2.57. The summed E-state index contributed by atoms with van der Waals surface area (Å²) >= 11 is 3.50. The number of hydrogen-bond donors (Lipinski definition) is 1. The first kappa shape index (κ1) is 14.9. The maximum absolute atomic E-state index is 10.8. The van der Waals surface area contributed by atoms with E-state index in [1.54, 1.807) is 6.08 Å². The molecule has 0 fully saturated rings. The minimum Gasteiger partial charge on any atom is -0.480 e. The summed E-state index contributed by atoms with van der Waals surface area (Å²) in [5.41, 5.74) is 1.92. The van der Waals surface area contributed by atoms with Crippen molar-refractivity contribution in [2.75, 3.05) is 13.1 Å². The van der Waals surface area contributed by atoms with Crippen molar-refractivity contribution in [2.24, 2.45) is 0 Å². The fraction of sp³-hybridized carbons (Fsp3) is 0.500. The molecule has 0 saturated carbocycles. The minimum atomic E-state index is -0.841. The van der Waals surface area contributed by atoms with Crippen LogP contribution in [0.5, 0.6) is 0 Å². The molecule has 6 heteroatoms. The van der Waals surface area contributed by atoms with Crippen LogP contribution in [0.15, 0.2) is 17.1 Å². The van der Waals surface area contributed by atoms with Gasteiger partial charge in [0.05, 0.1) is 22.4 Å². The number of carboxylic acid groups (broad SMARTS) is 1. The Morgan fingerprint density at radius 1 is 1.67 bits per heavy atom. The van der Waals surface area contributed by atoms with Gasteiger partial charge in [-0.3, -0.25) is 14.4 Å². The molecule has 0 saturated heterocycles. The Balaban J connectivity index is 2.91. The Kier molecular flexibility index (Phi) is 5.55. The van der Waals surface area contributed by atoms with E-state index in [-0.39, 0.29) is 6.54 Å². The third kappa shape index (κ3) is 3.68. The fourth-order valence-corrected chi connectivity index (χ4v) is 2.20. The molecule has 0 aliphatic rings. The van der Waals surface area contributed by atoms with Crippen molar-refractivity contribution in [3.8, 4) is 0 Å². The lowest BCUT2D eigenvalue weighted by Gasteiger charge is -2.19. The Bertz CT molecular complexity index is 443. The highest BCUT2D eigenvalue weighted by Crippen LogP contribution is 2.22. The summed E-state index contributed by atoms with van der Waals surface area (Å²) in [4.78, 5) is 12.6. The molecule has 18 heavy (non-hydrogen) atoms. The van der Waals surface area contributed by atoms with Crippen molar-refractivity contribution < 1.29 is 9.90 Å². The Hall–Kier alpha value is -1.14. The van der Waals surface area contributed by atoms with E-state index in [9.17, 15) is 4.79 Å². The molecule has 0 unspecified atom stereocenters. The van der Waals surface area contributed by atoms with Crippen LogP contribution in [0.4, 0.5) is 0 Å². The van der Waals surface area contributed by atoms with Crippen molar-refractivity contribution in [2.45, 2.75) is 26.9 Å². The summed E-state index contributed by atoms with van der Waals surface area (Å²) in [6, 6.07) is 0. The van der Waals surface area contributed by atoms with Gasteiger partial charge in [0.25, 0.3) is 0 Å². The predicted octanol–water partition coefficient (Wildman–Crippen LogP) is 2.05. The molecule has 0 aliphatic carbocycles. The Morgan fingerprint density at radius 2 is 2.33 bits per heavy atom. The summed E-state index contributed by atoms with van der Waals surface area (Å²) < 4.78 is 2.83. The number of halogens is 1. The smallest absolute Gasteiger partial charge is 0.317 e. The number of nitrogens with zero attached hydrogens (tertiary/aromatic N) is 3. The van der Waals surface area contributed by atoms with Crippen LogP contribution < -0.4 is 0 Å². The van der Waals surface area contributed by atoms with Gasteiger partial charge in [-0.25, -0.2) is 0 Å². The molecule has 1 aromatic heterocycles. The summed E-state index contributed by atoms with van der Waals surface area (Å²) in [7, 11) is 0. The van der Waals surface area contributed by atoms with E-state index in [0.29, 0.717) is 13.1 Å². The van der Waals surface area contributed by atoms with E-state index in [1.807, 2.05) is 23.4 Å². The second kappa shape index (κ2) is 6.70. The van der Waals surface area contributed by atoms with Crippen LogP contribution in [0.3, 0.4) is 0 Å². The number of aryl methyl sites for hydroxylation is 2. The molecule has 0 bridgehead atoms. The number of aliphatic carboxylic acids is 1. The lowest BCUT2D eigenvalue weighted by atomic mass is 10.3.